The van der Waals surface area contributed by atoms with Crippen molar-refractivity contribution in [3.63, 3.8) is 0 Å². The molecule has 1 heterocycles. The van der Waals surface area contributed by atoms with Crippen LogP contribution in [0.3, 0.4) is 0 Å². The Bertz CT molecular complexity index is 510. The molecule has 3 N–H and O–H groups in total. The summed E-state index contributed by atoms with van der Waals surface area (Å²) in [6, 6.07) is 7.54. The van der Waals surface area contributed by atoms with Crippen LogP contribution in [0.15, 0.2) is 35.9 Å². The molecule has 0 bridgehead atoms. The largest absolute Gasteiger partial charge is 0.326 e. The number of nitrogens with one attached hydrogen (secondary N) is 1. The summed E-state index contributed by atoms with van der Waals surface area (Å²) in [4.78, 5) is 14.5. The summed E-state index contributed by atoms with van der Waals surface area (Å²) in [5.74, 6) is 0.0267. The third-order valence-corrected chi connectivity index (χ3v) is 3.89. The van der Waals surface area contributed by atoms with Crippen LogP contribution >= 0.6 is 0 Å². The fourth-order valence-electron chi connectivity index (χ4n) is 2.36. The highest BCUT2D eigenvalue weighted by atomic mass is 16.2. The molecule has 0 radical (unpaired) electrons. The summed E-state index contributed by atoms with van der Waals surface area (Å²) in [5, 5.41) is 2.99. The van der Waals surface area contributed by atoms with E-state index in [1.54, 1.807) is 0 Å². The zero-order valence-electron chi connectivity index (χ0n) is 12.2. The van der Waals surface area contributed by atoms with Gasteiger partial charge in [0.25, 0.3) is 0 Å². The number of amides is 1. The van der Waals surface area contributed by atoms with Crippen molar-refractivity contribution < 1.29 is 4.79 Å². The van der Waals surface area contributed by atoms with E-state index in [4.69, 9.17) is 5.73 Å². The fraction of sp³-hybridized carbons (Fsp3) is 0.438. The standard InChI is InChI=1S/C16H23N3O/c1-12-7-9-19(10-8-12)13(2)16(20)18-15-6-4-3-5-14(15)11-17/h3-7,13H,8-11,17H2,1-2H3,(H,18,20). The topological polar surface area (TPSA) is 58.4 Å². The van der Waals surface area contributed by atoms with Crippen molar-refractivity contribution in [3.8, 4) is 0 Å². The van der Waals surface area contributed by atoms with Crippen molar-refractivity contribution in [2.45, 2.75) is 32.9 Å². The van der Waals surface area contributed by atoms with Gasteiger partial charge < -0.3 is 11.1 Å². The van der Waals surface area contributed by atoms with Crippen molar-refractivity contribution in [2.75, 3.05) is 18.4 Å². The van der Waals surface area contributed by atoms with Crippen LogP contribution in [-0.4, -0.2) is 29.9 Å². The molecule has 0 saturated heterocycles. The van der Waals surface area contributed by atoms with E-state index in [1.165, 1.54) is 5.57 Å². The summed E-state index contributed by atoms with van der Waals surface area (Å²) in [6.45, 7) is 6.30. The third kappa shape index (κ3) is 3.46. The van der Waals surface area contributed by atoms with Crippen molar-refractivity contribution in [2.24, 2.45) is 5.73 Å². The van der Waals surface area contributed by atoms with Gasteiger partial charge in [-0.1, -0.05) is 29.8 Å². The maximum absolute atomic E-state index is 12.3. The molecule has 1 aliphatic rings. The zero-order chi connectivity index (χ0) is 14.5. The molecule has 0 saturated carbocycles. The van der Waals surface area contributed by atoms with Gasteiger partial charge in [-0.3, -0.25) is 9.69 Å². The number of nitrogens with zero attached hydrogens (tertiary/aromatic N) is 1. The fourth-order valence-corrected chi connectivity index (χ4v) is 2.36. The Kier molecular flexibility index (Phi) is 4.93. The summed E-state index contributed by atoms with van der Waals surface area (Å²) >= 11 is 0. The second kappa shape index (κ2) is 6.68. The Morgan fingerprint density at radius 2 is 2.20 bits per heavy atom. The number of rotatable bonds is 4. The molecule has 1 aromatic carbocycles. The summed E-state index contributed by atoms with van der Waals surface area (Å²) in [5.41, 5.74) is 8.87. The van der Waals surface area contributed by atoms with Gasteiger partial charge in [-0.15, -0.1) is 0 Å². The quantitative estimate of drug-likeness (QED) is 0.826. The molecule has 0 aromatic heterocycles. The normalized spacial score (nSPS) is 17.4. The van der Waals surface area contributed by atoms with Crippen molar-refractivity contribution in [1.29, 1.82) is 0 Å². The van der Waals surface area contributed by atoms with E-state index in [0.717, 1.165) is 30.8 Å². The Morgan fingerprint density at radius 3 is 2.85 bits per heavy atom. The van der Waals surface area contributed by atoms with Crippen LogP contribution in [-0.2, 0) is 11.3 Å². The SMILES string of the molecule is CC1=CCN(C(C)C(=O)Nc2ccccc2CN)CC1. The van der Waals surface area contributed by atoms with Gasteiger partial charge in [-0.2, -0.15) is 0 Å². The highest BCUT2D eigenvalue weighted by Crippen LogP contribution is 2.17. The molecule has 108 valence electrons. The lowest BCUT2D eigenvalue weighted by atomic mass is 10.1. The van der Waals surface area contributed by atoms with Gasteiger partial charge in [-0.25, -0.2) is 0 Å². The first kappa shape index (κ1) is 14.8. The number of carbonyl (C=O) groups excluding carboxylic acids is 1. The number of carbonyl (C=O) groups is 1. The first-order valence-electron chi connectivity index (χ1n) is 7.10. The number of benzene rings is 1. The smallest absolute Gasteiger partial charge is 0.241 e. The molecule has 4 heteroatoms. The Morgan fingerprint density at radius 1 is 1.45 bits per heavy atom. The average molecular weight is 273 g/mol. The monoisotopic (exact) mass is 273 g/mol. The lowest BCUT2D eigenvalue weighted by Crippen LogP contribution is -2.44. The van der Waals surface area contributed by atoms with Crippen LogP contribution in [0.25, 0.3) is 0 Å². The highest BCUT2D eigenvalue weighted by molar-refractivity contribution is 5.95. The second-order valence-electron chi connectivity index (χ2n) is 5.32. The average Bonchev–Trinajstić information content (AvgIpc) is 2.48. The van der Waals surface area contributed by atoms with Gasteiger partial charge >= 0.3 is 0 Å². The number of para-hydroxylation sites is 1. The maximum atomic E-state index is 12.3. The van der Waals surface area contributed by atoms with Crippen LogP contribution in [0.1, 0.15) is 25.8 Å². The maximum Gasteiger partial charge on any atom is 0.241 e. The van der Waals surface area contributed by atoms with Gasteiger partial charge in [0.1, 0.15) is 0 Å². The van der Waals surface area contributed by atoms with E-state index in [1.807, 2.05) is 31.2 Å². The molecule has 0 fully saturated rings. The van der Waals surface area contributed by atoms with E-state index in [-0.39, 0.29) is 11.9 Å². The van der Waals surface area contributed by atoms with E-state index >= 15 is 0 Å². The van der Waals surface area contributed by atoms with Gasteiger partial charge in [0.2, 0.25) is 5.91 Å². The van der Waals surface area contributed by atoms with Crippen molar-refractivity contribution in [3.05, 3.63) is 41.5 Å². The van der Waals surface area contributed by atoms with E-state index in [9.17, 15) is 4.79 Å². The molecule has 20 heavy (non-hydrogen) atoms. The zero-order valence-corrected chi connectivity index (χ0v) is 12.2. The van der Waals surface area contributed by atoms with Crippen molar-refractivity contribution >= 4 is 11.6 Å². The summed E-state index contributed by atoms with van der Waals surface area (Å²) in [6.07, 6.45) is 3.23. The van der Waals surface area contributed by atoms with E-state index in [0.29, 0.717) is 6.54 Å². The number of hydrogen-bond acceptors (Lipinski definition) is 3. The lowest BCUT2D eigenvalue weighted by Gasteiger charge is -2.30. The number of anilines is 1. The highest BCUT2D eigenvalue weighted by Gasteiger charge is 2.22. The molecule has 4 nitrogen and oxygen atoms in total. The molecule has 1 unspecified atom stereocenters. The number of hydrogen-bond donors (Lipinski definition) is 2. The minimum Gasteiger partial charge on any atom is -0.326 e. The van der Waals surface area contributed by atoms with E-state index in [2.05, 4.69) is 23.2 Å². The second-order valence-corrected chi connectivity index (χ2v) is 5.32. The Balaban J connectivity index is 2.01. The van der Waals surface area contributed by atoms with Gasteiger partial charge in [-0.05, 0) is 31.9 Å². The van der Waals surface area contributed by atoms with Gasteiger partial charge in [0.05, 0.1) is 6.04 Å². The molecule has 2 rings (SSSR count). The Labute approximate surface area is 120 Å². The van der Waals surface area contributed by atoms with E-state index < -0.39 is 0 Å². The Hall–Kier alpha value is -1.65. The minimum atomic E-state index is -0.134. The van der Waals surface area contributed by atoms with Crippen LogP contribution < -0.4 is 11.1 Å². The third-order valence-electron chi connectivity index (χ3n) is 3.89. The molecule has 1 atom stereocenters. The first-order valence-corrected chi connectivity index (χ1v) is 7.10. The first-order chi connectivity index (χ1) is 9.61. The predicted molar refractivity (Wildman–Crippen MR) is 82.4 cm³/mol. The summed E-state index contributed by atoms with van der Waals surface area (Å²) in [7, 11) is 0. The molecule has 0 spiro atoms. The van der Waals surface area contributed by atoms with Crippen LogP contribution in [0.5, 0.6) is 0 Å². The van der Waals surface area contributed by atoms with Gasteiger partial charge in [0.15, 0.2) is 0 Å². The van der Waals surface area contributed by atoms with Crippen LogP contribution in [0, 0.1) is 0 Å². The minimum absolute atomic E-state index is 0.0267. The number of nitrogens with two attached hydrogens (primary N) is 1. The lowest BCUT2D eigenvalue weighted by molar-refractivity contribution is -0.120. The molecule has 0 aliphatic carbocycles. The van der Waals surface area contributed by atoms with Crippen LogP contribution in [0.4, 0.5) is 5.69 Å². The molecular formula is C16H23N3O. The van der Waals surface area contributed by atoms with Crippen LogP contribution in [0.2, 0.25) is 0 Å². The molecule has 1 aromatic rings. The van der Waals surface area contributed by atoms with Crippen molar-refractivity contribution in [1.82, 2.24) is 4.90 Å². The molecular weight excluding hydrogens is 250 g/mol. The van der Waals surface area contributed by atoms with Gasteiger partial charge in [0, 0.05) is 25.3 Å². The summed E-state index contributed by atoms with van der Waals surface area (Å²) < 4.78 is 0. The predicted octanol–water partition coefficient (Wildman–Crippen LogP) is 2.12. The molecule has 1 amide bonds. The molecule has 1 aliphatic heterocycles.